The van der Waals surface area contributed by atoms with Crippen molar-refractivity contribution in [2.24, 2.45) is 0 Å². The van der Waals surface area contributed by atoms with Crippen LogP contribution >= 0.6 is 0 Å². The van der Waals surface area contributed by atoms with Crippen molar-refractivity contribution in [3.8, 4) is 0 Å². The predicted molar refractivity (Wildman–Crippen MR) is 36.4 cm³/mol. The third-order valence-corrected chi connectivity index (χ3v) is 0.421. The molecule has 9 heteroatoms. The summed E-state index contributed by atoms with van der Waals surface area (Å²) in [6.07, 6.45) is -0.954. The minimum atomic E-state index is -5.17. The van der Waals surface area contributed by atoms with Crippen LogP contribution in [-0.2, 0) is 10.4 Å². The first kappa shape index (κ1) is 18.3. The van der Waals surface area contributed by atoms with Crippen LogP contribution in [0.15, 0.2) is 0 Å². The Morgan fingerprint density at radius 1 is 1.17 bits per heavy atom. The van der Waals surface area contributed by atoms with Crippen molar-refractivity contribution in [1.29, 1.82) is 0 Å². The van der Waals surface area contributed by atoms with Gasteiger partial charge in [0.1, 0.15) is 6.10 Å². The van der Waals surface area contributed by atoms with E-state index in [4.69, 9.17) is 32.8 Å². The molecule has 0 atom stereocenters. The zero-order valence-electron chi connectivity index (χ0n) is 6.08. The first-order valence-corrected chi connectivity index (χ1v) is 3.71. The van der Waals surface area contributed by atoms with E-state index in [1.165, 1.54) is 0 Å². The van der Waals surface area contributed by atoms with Gasteiger partial charge in [-0.2, -0.15) is 0 Å². The Morgan fingerprint density at radius 3 is 1.33 bits per heavy atom. The van der Waals surface area contributed by atoms with Gasteiger partial charge in [0.2, 0.25) is 0 Å². The van der Waals surface area contributed by atoms with Crippen molar-refractivity contribution >= 4 is 33.5 Å². The van der Waals surface area contributed by atoms with E-state index in [2.05, 4.69) is 0 Å². The van der Waals surface area contributed by atoms with Crippen LogP contribution in [0.5, 0.6) is 0 Å². The van der Waals surface area contributed by atoms with Gasteiger partial charge in [-0.1, -0.05) is 0 Å². The van der Waals surface area contributed by atoms with Gasteiger partial charge in [0.25, 0.3) is 0 Å². The molecule has 0 fully saturated rings. The van der Waals surface area contributed by atoms with Gasteiger partial charge in [-0.3, -0.25) is 8.42 Å². The quantitative estimate of drug-likeness (QED) is 0.246. The molecule has 0 unspecified atom stereocenters. The summed E-state index contributed by atoms with van der Waals surface area (Å²) in [5.74, 6) is 0. The van der Waals surface area contributed by atoms with Gasteiger partial charge in [0, 0.05) is 10.4 Å². The van der Waals surface area contributed by atoms with Crippen LogP contribution in [0.3, 0.4) is 0 Å². The molecule has 0 aliphatic rings. The van der Waals surface area contributed by atoms with E-state index < -0.39 is 16.5 Å². The van der Waals surface area contributed by atoms with E-state index >= 15 is 0 Å². The monoisotopic (exact) mass is 212 g/mol. The van der Waals surface area contributed by atoms with Gasteiger partial charge in [-0.05, 0) is 0 Å². The largest absolute Gasteiger partial charge is 2.00 e. The van der Waals surface area contributed by atoms with Crippen molar-refractivity contribution < 1.29 is 32.8 Å². The van der Waals surface area contributed by atoms with Crippen LogP contribution in [0.1, 0.15) is 0 Å². The molecule has 0 aromatic heterocycles. The summed E-state index contributed by atoms with van der Waals surface area (Å²) in [7, 11) is -5.17. The van der Waals surface area contributed by atoms with Crippen LogP contribution < -0.4 is 0 Å². The molecule has 0 aliphatic heterocycles. The molecule has 0 rings (SSSR count). The first-order chi connectivity index (χ1) is 4.81. The third kappa shape index (κ3) is 46.7. The predicted octanol–water partition coefficient (Wildman–Crippen LogP) is -3.39. The molecule has 0 bridgehead atoms. The van der Waals surface area contributed by atoms with Gasteiger partial charge in [0.05, 0.1) is 13.2 Å². The van der Waals surface area contributed by atoms with Crippen molar-refractivity contribution in [2.45, 2.75) is 6.10 Å². The molecule has 7 nitrogen and oxygen atoms in total. The molecule has 0 amide bonds. The maximum Gasteiger partial charge on any atom is 2.00 e. The molecule has 0 spiro atoms. The summed E-state index contributed by atoms with van der Waals surface area (Å²) >= 11 is 0. The Bertz CT molecular complexity index is 153. The second-order valence-electron chi connectivity index (χ2n) is 1.43. The van der Waals surface area contributed by atoms with Crippen molar-refractivity contribution in [2.75, 3.05) is 13.2 Å². The average Bonchev–Trinajstić information content (AvgIpc) is 1.83. The van der Waals surface area contributed by atoms with E-state index in [-0.39, 0.29) is 36.3 Å². The number of hydrogen-bond acceptors (Lipinski definition) is 7. The maximum absolute atomic E-state index is 8.52. The zero-order chi connectivity index (χ0) is 9.49. The number of aliphatic hydroxyl groups excluding tert-OH is 3. The molecule has 0 aliphatic carbocycles. The normalized spacial score (nSPS) is 9.83. The van der Waals surface area contributed by atoms with Crippen LogP contribution in [0, 0.1) is 0 Å². The fourth-order valence-electron chi connectivity index (χ4n) is 0.0577. The molecule has 70 valence electrons. The van der Waals surface area contributed by atoms with E-state index in [9.17, 15) is 0 Å². The molecule has 0 aromatic carbocycles. The molecule has 0 heterocycles. The average molecular weight is 212 g/mol. The topological polar surface area (TPSA) is 141 Å². The standard InChI is InChI=1S/C3H8O3.Mg.H2O4S/c4-1-3(6)2-5;;1-5(2,3)4/h3-6H,1-2H2;;(H2,1,2,3,4)/q;+2;/p-2. The Labute approximate surface area is 85.8 Å². The van der Waals surface area contributed by atoms with Crippen molar-refractivity contribution in [1.82, 2.24) is 0 Å². The van der Waals surface area contributed by atoms with Gasteiger partial charge >= 0.3 is 23.1 Å². The zero-order valence-corrected chi connectivity index (χ0v) is 8.31. The second-order valence-corrected chi connectivity index (χ2v) is 2.24. The fourth-order valence-corrected chi connectivity index (χ4v) is 0.0577. The minimum absolute atomic E-state index is 0. The summed E-state index contributed by atoms with van der Waals surface area (Å²) < 4.78 is 34.1. The molecule has 0 aromatic rings. The molecule has 0 radical (unpaired) electrons. The molecular formula is C3H8MgO7S. The van der Waals surface area contributed by atoms with Gasteiger partial charge in [0.15, 0.2) is 0 Å². The summed E-state index contributed by atoms with van der Waals surface area (Å²) in [5.41, 5.74) is 0. The SMILES string of the molecule is O=S(=O)([O-])[O-].OCC(O)CO.[Mg+2]. The van der Waals surface area contributed by atoms with Gasteiger partial charge in [-0.15, -0.1) is 0 Å². The summed E-state index contributed by atoms with van der Waals surface area (Å²) in [5, 5.41) is 24.0. The van der Waals surface area contributed by atoms with Crippen molar-refractivity contribution in [3.63, 3.8) is 0 Å². The van der Waals surface area contributed by atoms with Gasteiger partial charge < -0.3 is 24.4 Å². The number of hydrogen-bond donors (Lipinski definition) is 3. The molecular weight excluding hydrogens is 204 g/mol. The van der Waals surface area contributed by atoms with Gasteiger partial charge in [-0.25, -0.2) is 0 Å². The molecule has 3 N–H and O–H groups in total. The van der Waals surface area contributed by atoms with E-state index in [1.807, 2.05) is 0 Å². The van der Waals surface area contributed by atoms with Crippen LogP contribution in [0.4, 0.5) is 0 Å². The Balaban J connectivity index is -0.000000126. The second kappa shape index (κ2) is 9.60. The van der Waals surface area contributed by atoms with Crippen molar-refractivity contribution in [3.05, 3.63) is 0 Å². The molecule has 12 heavy (non-hydrogen) atoms. The van der Waals surface area contributed by atoms with E-state index in [0.717, 1.165) is 0 Å². The van der Waals surface area contributed by atoms with E-state index in [1.54, 1.807) is 0 Å². The first-order valence-electron chi connectivity index (χ1n) is 2.37. The Kier molecular flexibility index (Phi) is 14.7. The maximum atomic E-state index is 8.52. The number of aliphatic hydroxyl groups is 3. The third-order valence-electron chi connectivity index (χ3n) is 0.421. The van der Waals surface area contributed by atoms with Crippen LogP contribution in [0.25, 0.3) is 0 Å². The summed E-state index contributed by atoms with van der Waals surface area (Å²) in [6.45, 7) is -0.729. The van der Waals surface area contributed by atoms with Crippen LogP contribution in [-0.4, -0.2) is 75.2 Å². The summed E-state index contributed by atoms with van der Waals surface area (Å²) in [6, 6.07) is 0. The Hall–Kier alpha value is 0.516. The molecule has 0 saturated carbocycles. The van der Waals surface area contributed by atoms with Crippen LogP contribution in [0.2, 0.25) is 0 Å². The Morgan fingerprint density at radius 2 is 1.33 bits per heavy atom. The smallest absolute Gasteiger partial charge is 0.759 e. The summed E-state index contributed by atoms with van der Waals surface area (Å²) in [4.78, 5) is 0. The fraction of sp³-hybridized carbons (Fsp3) is 1.00. The number of rotatable bonds is 2. The van der Waals surface area contributed by atoms with E-state index in [0.29, 0.717) is 0 Å². The minimum Gasteiger partial charge on any atom is -0.759 e. The molecule has 0 saturated heterocycles.